The van der Waals surface area contributed by atoms with Crippen molar-refractivity contribution in [1.82, 2.24) is 4.90 Å². The number of fused-ring (bicyclic) bond motifs is 1. The van der Waals surface area contributed by atoms with E-state index in [0.29, 0.717) is 28.4 Å². The van der Waals surface area contributed by atoms with Gasteiger partial charge in [0.1, 0.15) is 4.32 Å². The van der Waals surface area contributed by atoms with Crippen LogP contribution >= 0.6 is 24.0 Å². The van der Waals surface area contributed by atoms with Gasteiger partial charge in [-0.3, -0.25) is 14.5 Å². The van der Waals surface area contributed by atoms with E-state index in [1.54, 1.807) is 4.90 Å². The minimum Gasteiger partial charge on any atom is -0.303 e. The van der Waals surface area contributed by atoms with Gasteiger partial charge in [-0.15, -0.1) is 0 Å². The summed E-state index contributed by atoms with van der Waals surface area (Å²) in [5.41, 5.74) is 3.92. The summed E-state index contributed by atoms with van der Waals surface area (Å²) in [6.45, 7) is 2.40. The van der Waals surface area contributed by atoms with Crippen LogP contribution in [0.2, 0.25) is 0 Å². The van der Waals surface area contributed by atoms with Crippen LogP contribution in [-0.4, -0.2) is 47.0 Å². The third kappa shape index (κ3) is 3.58. The van der Waals surface area contributed by atoms with Crippen LogP contribution in [0.1, 0.15) is 23.1 Å². The van der Waals surface area contributed by atoms with Gasteiger partial charge in [0.15, 0.2) is 9.84 Å². The number of hydrogen-bond donors (Lipinski definition) is 0. The first kappa shape index (κ1) is 21.4. The SMILES string of the molecule is Cc1ccc(CN2C(=O)/C(=C3/SC(=S)N([C@H]4CCS(=O)(=O)C4)C3=O)c3ccccc32)cc1. The van der Waals surface area contributed by atoms with E-state index in [-0.39, 0.29) is 28.2 Å². The summed E-state index contributed by atoms with van der Waals surface area (Å²) in [4.78, 5) is 30.3. The van der Waals surface area contributed by atoms with Crippen LogP contribution in [0.5, 0.6) is 0 Å². The maximum Gasteiger partial charge on any atom is 0.267 e. The Balaban J connectivity index is 1.53. The first-order valence-corrected chi connectivity index (χ1v) is 13.3. The van der Waals surface area contributed by atoms with Crippen LogP contribution in [0.3, 0.4) is 0 Å². The van der Waals surface area contributed by atoms with Crippen molar-refractivity contribution in [3.63, 3.8) is 0 Å². The first-order valence-electron chi connectivity index (χ1n) is 10.2. The number of amides is 2. The predicted molar refractivity (Wildman–Crippen MR) is 130 cm³/mol. The number of para-hydroxylation sites is 1. The lowest BCUT2D eigenvalue weighted by molar-refractivity contribution is -0.123. The third-order valence-electron chi connectivity index (χ3n) is 5.98. The number of sulfone groups is 1. The van der Waals surface area contributed by atoms with E-state index in [9.17, 15) is 18.0 Å². The van der Waals surface area contributed by atoms with Crippen LogP contribution in [-0.2, 0) is 26.0 Å². The van der Waals surface area contributed by atoms with Crippen LogP contribution in [0.25, 0.3) is 5.57 Å². The summed E-state index contributed by atoms with van der Waals surface area (Å²) in [6, 6.07) is 14.9. The Labute approximate surface area is 196 Å². The second-order valence-corrected chi connectivity index (χ2v) is 12.1. The molecule has 3 heterocycles. The number of benzene rings is 2. The molecule has 0 spiro atoms. The largest absolute Gasteiger partial charge is 0.303 e. The van der Waals surface area contributed by atoms with Crippen molar-refractivity contribution in [2.24, 2.45) is 0 Å². The van der Waals surface area contributed by atoms with Crippen molar-refractivity contribution in [2.75, 3.05) is 16.4 Å². The molecule has 9 heteroatoms. The van der Waals surface area contributed by atoms with Gasteiger partial charge in [0.2, 0.25) is 0 Å². The summed E-state index contributed by atoms with van der Waals surface area (Å²) >= 11 is 6.53. The number of anilines is 1. The minimum atomic E-state index is -3.18. The molecule has 5 rings (SSSR count). The lowest BCUT2D eigenvalue weighted by atomic mass is 10.1. The van der Waals surface area contributed by atoms with Crippen LogP contribution in [0.4, 0.5) is 5.69 Å². The molecule has 0 unspecified atom stereocenters. The van der Waals surface area contributed by atoms with Crippen LogP contribution in [0.15, 0.2) is 53.4 Å². The van der Waals surface area contributed by atoms with E-state index in [1.807, 2.05) is 55.5 Å². The summed E-state index contributed by atoms with van der Waals surface area (Å²) in [6.07, 6.45) is 0.363. The average Bonchev–Trinajstić information content (AvgIpc) is 3.35. The topological polar surface area (TPSA) is 74.8 Å². The summed E-state index contributed by atoms with van der Waals surface area (Å²) < 4.78 is 24.2. The highest BCUT2D eigenvalue weighted by Crippen LogP contribution is 2.46. The van der Waals surface area contributed by atoms with Crippen molar-refractivity contribution in [2.45, 2.75) is 25.9 Å². The van der Waals surface area contributed by atoms with E-state index in [1.165, 1.54) is 4.90 Å². The van der Waals surface area contributed by atoms with Gasteiger partial charge in [-0.2, -0.15) is 0 Å². The minimum absolute atomic E-state index is 0.0483. The molecule has 32 heavy (non-hydrogen) atoms. The van der Waals surface area contributed by atoms with Crippen LogP contribution < -0.4 is 4.90 Å². The molecule has 0 saturated carbocycles. The molecule has 0 radical (unpaired) electrons. The number of carbonyl (C=O) groups excluding carboxylic acids is 2. The molecule has 2 fully saturated rings. The number of nitrogens with zero attached hydrogens (tertiary/aromatic N) is 2. The standard InChI is InChI=1S/C23H20N2O4S3/c1-14-6-8-15(9-7-14)12-24-18-5-3-2-4-17(18)19(21(24)26)20-22(27)25(23(30)31-20)16-10-11-32(28,29)13-16/h2-9,16H,10-13H2,1H3/b20-19+/t16-/m0/s1. The molecule has 3 aliphatic rings. The van der Waals surface area contributed by atoms with Crippen molar-refractivity contribution in [3.8, 4) is 0 Å². The first-order chi connectivity index (χ1) is 15.2. The Hall–Kier alpha value is -2.49. The van der Waals surface area contributed by atoms with Gasteiger partial charge in [-0.05, 0) is 25.0 Å². The summed E-state index contributed by atoms with van der Waals surface area (Å²) in [7, 11) is -3.18. The molecule has 2 saturated heterocycles. The summed E-state index contributed by atoms with van der Waals surface area (Å²) in [5.74, 6) is -0.664. The Bertz CT molecular complexity index is 1300. The Morgan fingerprint density at radius 1 is 1.06 bits per heavy atom. The van der Waals surface area contributed by atoms with Crippen molar-refractivity contribution >= 4 is 61.2 Å². The van der Waals surface area contributed by atoms with Crippen molar-refractivity contribution < 1.29 is 18.0 Å². The second-order valence-electron chi connectivity index (χ2n) is 8.20. The monoisotopic (exact) mass is 484 g/mol. The molecule has 2 amide bonds. The molecule has 0 N–H and O–H groups in total. The summed E-state index contributed by atoms with van der Waals surface area (Å²) in [5, 5.41) is 0. The molecule has 1 atom stereocenters. The maximum absolute atomic E-state index is 13.5. The number of hydrogen-bond acceptors (Lipinski definition) is 6. The lowest BCUT2D eigenvalue weighted by Crippen LogP contribution is -2.39. The number of thioether (sulfide) groups is 1. The van der Waals surface area contributed by atoms with E-state index in [4.69, 9.17) is 12.2 Å². The molecule has 0 bridgehead atoms. The maximum atomic E-state index is 13.5. The van der Waals surface area contributed by atoms with E-state index < -0.39 is 15.9 Å². The fourth-order valence-electron chi connectivity index (χ4n) is 4.36. The van der Waals surface area contributed by atoms with Crippen molar-refractivity contribution in [1.29, 1.82) is 0 Å². The molecular weight excluding hydrogens is 464 g/mol. The smallest absolute Gasteiger partial charge is 0.267 e. The highest BCUT2D eigenvalue weighted by Gasteiger charge is 2.46. The number of rotatable bonds is 3. The average molecular weight is 485 g/mol. The Kier molecular flexibility index (Phi) is 5.22. The number of carbonyl (C=O) groups is 2. The fourth-order valence-corrected chi connectivity index (χ4v) is 7.53. The quantitative estimate of drug-likeness (QED) is 0.492. The van der Waals surface area contributed by atoms with E-state index >= 15 is 0 Å². The van der Waals surface area contributed by atoms with Gasteiger partial charge in [0, 0.05) is 5.56 Å². The molecule has 2 aromatic rings. The van der Waals surface area contributed by atoms with Crippen molar-refractivity contribution in [3.05, 3.63) is 70.1 Å². The molecule has 0 aromatic heterocycles. The predicted octanol–water partition coefficient (Wildman–Crippen LogP) is 3.30. The van der Waals surface area contributed by atoms with Crippen LogP contribution in [0, 0.1) is 6.92 Å². The Morgan fingerprint density at radius 3 is 2.47 bits per heavy atom. The highest BCUT2D eigenvalue weighted by molar-refractivity contribution is 8.26. The fraction of sp³-hybridized carbons (Fsp3) is 0.261. The highest BCUT2D eigenvalue weighted by atomic mass is 32.2. The third-order valence-corrected chi connectivity index (χ3v) is 9.14. The van der Waals surface area contributed by atoms with Gasteiger partial charge in [-0.1, -0.05) is 72.0 Å². The molecule has 164 valence electrons. The molecule has 2 aromatic carbocycles. The van der Waals surface area contributed by atoms with Gasteiger partial charge in [0.05, 0.1) is 40.3 Å². The van der Waals surface area contributed by atoms with Gasteiger partial charge in [0.25, 0.3) is 11.8 Å². The lowest BCUT2D eigenvalue weighted by Gasteiger charge is -2.21. The van der Waals surface area contributed by atoms with E-state index in [2.05, 4.69) is 0 Å². The molecular formula is C23H20N2O4S3. The number of thiocarbonyl (C=S) groups is 1. The second kappa shape index (κ2) is 7.83. The molecule has 3 aliphatic heterocycles. The number of aryl methyl sites for hydroxylation is 1. The van der Waals surface area contributed by atoms with E-state index in [0.717, 1.165) is 28.6 Å². The normalized spacial score (nSPS) is 24.5. The zero-order valence-corrected chi connectivity index (χ0v) is 19.7. The van der Waals surface area contributed by atoms with Gasteiger partial charge in [-0.25, -0.2) is 8.42 Å². The van der Waals surface area contributed by atoms with Gasteiger partial charge >= 0.3 is 0 Å². The Morgan fingerprint density at radius 2 is 1.78 bits per heavy atom. The zero-order chi connectivity index (χ0) is 22.6. The zero-order valence-electron chi connectivity index (χ0n) is 17.3. The molecule has 6 nitrogen and oxygen atoms in total. The van der Waals surface area contributed by atoms with Gasteiger partial charge < -0.3 is 4.90 Å². The molecule has 0 aliphatic carbocycles.